The number of benzene rings is 3. The molecule has 1 aliphatic heterocycles. The first-order valence-corrected chi connectivity index (χ1v) is 10.1. The molecule has 0 spiro atoms. The standard InChI is InChI=1S/C22H18F2N2O2S/c23-19-10-9-16(14-20(19)24)25-22(27)26-11-12-29-21(26)15-5-4-8-18(13-15)28-17-6-2-1-3-7-17/h1-10,13-14,21H,11-12H2,(H,25,27). The molecule has 1 N–H and O–H groups in total. The minimum Gasteiger partial charge on any atom is -0.457 e. The second-order valence-electron chi connectivity index (χ2n) is 6.46. The maximum Gasteiger partial charge on any atom is 0.323 e. The zero-order chi connectivity index (χ0) is 20.2. The molecule has 29 heavy (non-hydrogen) atoms. The van der Waals surface area contributed by atoms with E-state index in [9.17, 15) is 13.6 Å². The van der Waals surface area contributed by atoms with Crippen molar-refractivity contribution in [1.82, 2.24) is 4.90 Å². The molecule has 0 radical (unpaired) electrons. The Morgan fingerprint density at radius 2 is 1.76 bits per heavy atom. The monoisotopic (exact) mass is 412 g/mol. The van der Waals surface area contributed by atoms with E-state index in [1.54, 1.807) is 16.7 Å². The summed E-state index contributed by atoms with van der Waals surface area (Å²) in [7, 11) is 0. The lowest BCUT2D eigenvalue weighted by molar-refractivity contribution is 0.214. The Kier molecular flexibility index (Phi) is 5.67. The third-order valence-corrected chi connectivity index (χ3v) is 5.71. The Hall–Kier alpha value is -3.06. The van der Waals surface area contributed by atoms with Gasteiger partial charge in [-0.15, -0.1) is 11.8 Å². The first-order chi connectivity index (χ1) is 14.1. The molecule has 148 valence electrons. The quantitative estimate of drug-likeness (QED) is 0.568. The maximum absolute atomic E-state index is 13.4. The zero-order valence-electron chi connectivity index (χ0n) is 15.3. The summed E-state index contributed by atoms with van der Waals surface area (Å²) in [6.45, 7) is 0.550. The van der Waals surface area contributed by atoms with Crippen LogP contribution < -0.4 is 10.1 Å². The molecule has 1 saturated heterocycles. The van der Waals surface area contributed by atoms with Gasteiger partial charge in [-0.3, -0.25) is 0 Å². The summed E-state index contributed by atoms with van der Waals surface area (Å²) in [4.78, 5) is 14.4. The Morgan fingerprint density at radius 1 is 0.966 bits per heavy atom. The number of thioether (sulfide) groups is 1. The van der Waals surface area contributed by atoms with Crippen molar-refractivity contribution in [3.63, 3.8) is 0 Å². The molecule has 1 aliphatic rings. The molecule has 1 heterocycles. The number of rotatable bonds is 4. The molecule has 3 aromatic carbocycles. The average Bonchev–Trinajstić information content (AvgIpc) is 3.22. The molecule has 1 fully saturated rings. The van der Waals surface area contributed by atoms with Gasteiger partial charge in [-0.2, -0.15) is 0 Å². The third-order valence-electron chi connectivity index (χ3n) is 4.44. The van der Waals surface area contributed by atoms with E-state index in [0.717, 1.165) is 29.2 Å². The number of halogens is 2. The molecule has 3 aromatic rings. The molecule has 7 heteroatoms. The fourth-order valence-electron chi connectivity index (χ4n) is 3.08. The van der Waals surface area contributed by atoms with Crippen LogP contribution in [-0.2, 0) is 0 Å². The molecular weight excluding hydrogens is 394 g/mol. The fraction of sp³-hybridized carbons (Fsp3) is 0.136. The van der Waals surface area contributed by atoms with Gasteiger partial charge in [-0.1, -0.05) is 30.3 Å². The Labute approximate surface area is 171 Å². The highest BCUT2D eigenvalue weighted by Gasteiger charge is 2.31. The molecule has 2 amide bonds. The predicted octanol–water partition coefficient (Wildman–Crippen LogP) is 6.04. The molecule has 0 aliphatic carbocycles. The number of carbonyl (C=O) groups is 1. The van der Waals surface area contributed by atoms with Crippen LogP contribution in [0.4, 0.5) is 19.3 Å². The molecule has 4 nitrogen and oxygen atoms in total. The second kappa shape index (κ2) is 8.53. The number of urea groups is 1. The number of nitrogens with zero attached hydrogens (tertiary/aromatic N) is 1. The van der Waals surface area contributed by atoms with Gasteiger partial charge >= 0.3 is 6.03 Å². The van der Waals surface area contributed by atoms with Crippen molar-refractivity contribution in [3.05, 3.63) is 90.0 Å². The molecule has 1 unspecified atom stereocenters. The van der Waals surface area contributed by atoms with Crippen LogP contribution in [0.15, 0.2) is 72.8 Å². The Balaban J connectivity index is 1.49. The van der Waals surface area contributed by atoms with Crippen molar-refractivity contribution in [2.45, 2.75) is 5.37 Å². The SMILES string of the molecule is O=C(Nc1ccc(F)c(F)c1)N1CCSC1c1cccc(Oc2ccccc2)c1. The number of hydrogen-bond donors (Lipinski definition) is 1. The van der Waals surface area contributed by atoms with E-state index in [0.29, 0.717) is 12.3 Å². The summed E-state index contributed by atoms with van der Waals surface area (Å²) in [5, 5.41) is 2.45. The van der Waals surface area contributed by atoms with Crippen LogP contribution >= 0.6 is 11.8 Å². The largest absolute Gasteiger partial charge is 0.457 e. The summed E-state index contributed by atoms with van der Waals surface area (Å²) in [6, 6.07) is 20.0. The number of para-hydroxylation sites is 1. The van der Waals surface area contributed by atoms with E-state index in [-0.39, 0.29) is 17.1 Å². The number of nitrogens with one attached hydrogen (secondary N) is 1. The summed E-state index contributed by atoms with van der Waals surface area (Å²) < 4.78 is 32.4. The number of anilines is 1. The van der Waals surface area contributed by atoms with Crippen LogP contribution in [0.25, 0.3) is 0 Å². The van der Waals surface area contributed by atoms with E-state index >= 15 is 0 Å². The maximum atomic E-state index is 13.4. The van der Waals surface area contributed by atoms with Gasteiger partial charge in [0, 0.05) is 24.1 Å². The van der Waals surface area contributed by atoms with Gasteiger partial charge in [-0.05, 0) is 42.0 Å². The molecular formula is C22H18F2N2O2S. The van der Waals surface area contributed by atoms with Crippen molar-refractivity contribution in [1.29, 1.82) is 0 Å². The van der Waals surface area contributed by atoms with E-state index < -0.39 is 11.6 Å². The van der Waals surface area contributed by atoms with E-state index in [4.69, 9.17) is 4.74 Å². The smallest absolute Gasteiger partial charge is 0.323 e. The van der Waals surface area contributed by atoms with E-state index in [1.807, 2.05) is 54.6 Å². The van der Waals surface area contributed by atoms with E-state index in [2.05, 4.69) is 5.32 Å². The lowest BCUT2D eigenvalue weighted by atomic mass is 10.2. The summed E-state index contributed by atoms with van der Waals surface area (Å²) in [5.74, 6) is 0.243. The van der Waals surface area contributed by atoms with Gasteiger partial charge in [-0.25, -0.2) is 13.6 Å². The molecule has 4 rings (SSSR count). The molecule has 1 atom stereocenters. The average molecular weight is 412 g/mol. The molecule has 0 aromatic heterocycles. The number of hydrogen-bond acceptors (Lipinski definition) is 3. The first kappa shape index (κ1) is 19.3. The topological polar surface area (TPSA) is 41.6 Å². The van der Waals surface area contributed by atoms with Crippen molar-refractivity contribution < 1.29 is 18.3 Å². The van der Waals surface area contributed by atoms with Crippen molar-refractivity contribution >= 4 is 23.5 Å². The van der Waals surface area contributed by atoms with Gasteiger partial charge in [0.1, 0.15) is 16.9 Å². The number of ether oxygens (including phenoxy) is 1. The van der Waals surface area contributed by atoms with Gasteiger partial charge in [0.15, 0.2) is 11.6 Å². The van der Waals surface area contributed by atoms with Crippen LogP contribution in [0.5, 0.6) is 11.5 Å². The van der Waals surface area contributed by atoms with Gasteiger partial charge < -0.3 is 15.0 Å². The van der Waals surface area contributed by atoms with Crippen LogP contribution in [0, 0.1) is 11.6 Å². The van der Waals surface area contributed by atoms with Crippen molar-refractivity contribution in [3.8, 4) is 11.5 Å². The molecule has 0 saturated carbocycles. The number of amides is 2. The highest BCUT2D eigenvalue weighted by atomic mass is 32.2. The zero-order valence-corrected chi connectivity index (χ0v) is 16.2. The molecule has 0 bridgehead atoms. The normalized spacial score (nSPS) is 15.9. The first-order valence-electron chi connectivity index (χ1n) is 9.07. The van der Waals surface area contributed by atoms with Gasteiger partial charge in [0.25, 0.3) is 0 Å². The van der Waals surface area contributed by atoms with Crippen molar-refractivity contribution in [2.75, 3.05) is 17.6 Å². The second-order valence-corrected chi connectivity index (χ2v) is 7.65. The van der Waals surface area contributed by atoms with Crippen molar-refractivity contribution in [2.24, 2.45) is 0 Å². The summed E-state index contributed by atoms with van der Waals surface area (Å²) in [5.41, 5.74) is 1.15. The van der Waals surface area contributed by atoms with Crippen LogP contribution in [0.3, 0.4) is 0 Å². The van der Waals surface area contributed by atoms with Gasteiger partial charge in [0.05, 0.1) is 0 Å². The Bertz CT molecular complexity index is 1020. The van der Waals surface area contributed by atoms with Gasteiger partial charge in [0.2, 0.25) is 0 Å². The van der Waals surface area contributed by atoms with Crippen LogP contribution in [0.1, 0.15) is 10.9 Å². The lowest BCUT2D eigenvalue weighted by Gasteiger charge is -2.24. The lowest BCUT2D eigenvalue weighted by Crippen LogP contribution is -2.34. The minimum atomic E-state index is -0.999. The van der Waals surface area contributed by atoms with Crippen LogP contribution in [0.2, 0.25) is 0 Å². The summed E-state index contributed by atoms with van der Waals surface area (Å²) in [6.07, 6.45) is 0. The summed E-state index contributed by atoms with van der Waals surface area (Å²) >= 11 is 1.64. The van der Waals surface area contributed by atoms with E-state index in [1.165, 1.54) is 6.07 Å². The number of carbonyl (C=O) groups excluding carboxylic acids is 1. The predicted molar refractivity (Wildman–Crippen MR) is 110 cm³/mol. The third kappa shape index (κ3) is 4.51. The minimum absolute atomic E-state index is 0.195. The Morgan fingerprint density at radius 3 is 2.55 bits per heavy atom. The van der Waals surface area contributed by atoms with Crippen LogP contribution in [-0.4, -0.2) is 23.2 Å². The highest BCUT2D eigenvalue weighted by Crippen LogP contribution is 2.39. The fourth-order valence-corrected chi connectivity index (χ4v) is 4.33. The highest BCUT2D eigenvalue weighted by molar-refractivity contribution is 7.99.